The summed E-state index contributed by atoms with van der Waals surface area (Å²) in [6, 6.07) is 7.81. The Bertz CT molecular complexity index is 433. The van der Waals surface area contributed by atoms with Crippen LogP contribution >= 0.6 is 0 Å². The van der Waals surface area contributed by atoms with E-state index in [1.54, 1.807) is 32.0 Å². The first-order chi connectivity index (χ1) is 8.29. The van der Waals surface area contributed by atoms with E-state index >= 15 is 0 Å². The number of allylic oxidation sites excluding steroid dienone is 1. The van der Waals surface area contributed by atoms with Gasteiger partial charge in [0.1, 0.15) is 6.54 Å². The van der Waals surface area contributed by atoms with Crippen molar-refractivity contribution in [3.63, 3.8) is 0 Å². The normalized spacial score (nSPS) is 10.9. The first kappa shape index (κ1) is 14.3. The first-order valence-corrected chi connectivity index (χ1v) is 5.38. The Morgan fingerprint density at radius 2 is 1.78 bits per heavy atom. The van der Waals surface area contributed by atoms with E-state index in [-0.39, 0.29) is 5.69 Å². The number of nitrogens with zero attached hydrogens (tertiary/aromatic N) is 1. The number of amides is 1. The number of alkyl halides is 3. The minimum atomic E-state index is -4.43. The topological polar surface area (TPSA) is 20.3 Å². The van der Waals surface area contributed by atoms with Crippen molar-refractivity contribution >= 4 is 11.6 Å². The van der Waals surface area contributed by atoms with Crippen LogP contribution in [0, 0.1) is 0 Å². The van der Waals surface area contributed by atoms with Crippen LogP contribution in [0.5, 0.6) is 0 Å². The Morgan fingerprint density at radius 3 is 2.22 bits per heavy atom. The van der Waals surface area contributed by atoms with Crippen LogP contribution in [0.25, 0.3) is 0 Å². The van der Waals surface area contributed by atoms with Gasteiger partial charge < -0.3 is 0 Å². The van der Waals surface area contributed by atoms with Gasteiger partial charge in [-0.3, -0.25) is 9.69 Å². The molecule has 0 heterocycles. The molecule has 5 heteroatoms. The maximum Gasteiger partial charge on any atom is 0.406 e. The van der Waals surface area contributed by atoms with Crippen molar-refractivity contribution in [3.05, 3.63) is 42.0 Å². The zero-order valence-corrected chi connectivity index (χ0v) is 10.2. The lowest BCUT2D eigenvalue weighted by Gasteiger charge is -2.23. The SMILES string of the molecule is CC(C)=CC(=O)N(CC(F)(F)F)c1ccccc1. The average molecular weight is 257 g/mol. The van der Waals surface area contributed by atoms with Crippen LogP contribution < -0.4 is 4.90 Å². The zero-order chi connectivity index (χ0) is 13.8. The van der Waals surface area contributed by atoms with E-state index in [4.69, 9.17) is 0 Å². The van der Waals surface area contributed by atoms with E-state index in [2.05, 4.69) is 0 Å². The van der Waals surface area contributed by atoms with Gasteiger partial charge in [0.25, 0.3) is 5.91 Å². The van der Waals surface area contributed by atoms with Crippen LogP contribution in [0.3, 0.4) is 0 Å². The summed E-state index contributed by atoms with van der Waals surface area (Å²) in [6.45, 7) is 2.03. The summed E-state index contributed by atoms with van der Waals surface area (Å²) >= 11 is 0. The summed E-state index contributed by atoms with van der Waals surface area (Å²) in [4.78, 5) is 12.5. The Hall–Kier alpha value is -1.78. The minimum Gasteiger partial charge on any atom is -0.300 e. The molecule has 0 radical (unpaired) electrons. The van der Waals surface area contributed by atoms with E-state index in [9.17, 15) is 18.0 Å². The third-order valence-corrected chi connectivity index (χ3v) is 2.08. The van der Waals surface area contributed by atoms with Gasteiger partial charge in [-0.05, 0) is 26.0 Å². The molecule has 1 rings (SSSR count). The number of hydrogen-bond acceptors (Lipinski definition) is 1. The van der Waals surface area contributed by atoms with Crippen LogP contribution in [-0.4, -0.2) is 18.6 Å². The van der Waals surface area contributed by atoms with Crippen LogP contribution in [0.15, 0.2) is 42.0 Å². The highest BCUT2D eigenvalue weighted by molar-refractivity contribution is 6.01. The molecule has 98 valence electrons. The van der Waals surface area contributed by atoms with Crippen molar-refractivity contribution in [2.75, 3.05) is 11.4 Å². The second kappa shape index (κ2) is 5.71. The second-order valence-corrected chi connectivity index (χ2v) is 4.10. The Labute approximate surface area is 104 Å². The highest BCUT2D eigenvalue weighted by atomic mass is 19.4. The third kappa shape index (κ3) is 4.61. The molecule has 0 saturated heterocycles. The summed E-state index contributed by atoms with van der Waals surface area (Å²) in [5.74, 6) is -0.668. The van der Waals surface area contributed by atoms with Gasteiger partial charge in [-0.15, -0.1) is 0 Å². The number of rotatable bonds is 3. The second-order valence-electron chi connectivity index (χ2n) is 4.10. The molecule has 18 heavy (non-hydrogen) atoms. The molecule has 2 nitrogen and oxygen atoms in total. The lowest BCUT2D eigenvalue weighted by atomic mass is 10.2. The summed E-state index contributed by atoms with van der Waals surface area (Å²) < 4.78 is 37.4. The molecule has 0 fully saturated rings. The molecule has 1 aromatic rings. The van der Waals surface area contributed by atoms with Crippen molar-refractivity contribution in [1.29, 1.82) is 0 Å². The van der Waals surface area contributed by atoms with Crippen LogP contribution in [0.4, 0.5) is 18.9 Å². The molecule has 0 spiro atoms. The van der Waals surface area contributed by atoms with Crippen LogP contribution in [-0.2, 0) is 4.79 Å². The number of benzene rings is 1. The Balaban J connectivity index is 3.04. The zero-order valence-electron chi connectivity index (χ0n) is 10.2. The van der Waals surface area contributed by atoms with Gasteiger partial charge >= 0.3 is 6.18 Å². The quantitative estimate of drug-likeness (QED) is 0.758. The summed E-state index contributed by atoms with van der Waals surface area (Å²) in [6.07, 6.45) is -3.24. The molecule has 0 aliphatic heterocycles. The van der Waals surface area contributed by atoms with Gasteiger partial charge in [-0.2, -0.15) is 13.2 Å². The fraction of sp³-hybridized carbons (Fsp3) is 0.308. The predicted octanol–water partition coefficient (Wildman–Crippen LogP) is 3.55. The van der Waals surface area contributed by atoms with E-state index < -0.39 is 18.6 Å². The fourth-order valence-corrected chi connectivity index (χ4v) is 1.41. The fourth-order valence-electron chi connectivity index (χ4n) is 1.41. The number of halogens is 3. The highest BCUT2D eigenvalue weighted by Gasteiger charge is 2.33. The van der Waals surface area contributed by atoms with Gasteiger partial charge in [0.15, 0.2) is 0 Å². The van der Waals surface area contributed by atoms with Gasteiger partial charge in [0, 0.05) is 11.8 Å². The summed E-state index contributed by atoms with van der Waals surface area (Å²) in [7, 11) is 0. The Morgan fingerprint density at radius 1 is 1.22 bits per heavy atom. The molecule has 0 aromatic heterocycles. The number of carbonyl (C=O) groups excluding carboxylic acids is 1. The average Bonchev–Trinajstić information content (AvgIpc) is 2.25. The van der Waals surface area contributed by atoms with Crippen molar-refractivity contribution < 1.29 is 18.0 Å². The maximum absolute atomic E-state index is 12.5. The smallest absolute Gasteiger partial charge is 0.300 e. The van der Waals surface area contributed by atoms with E-state index in [0.717, 1.165) is 0 Å². The van der Waals surface area contributed by atoms with Crippen molar-refractivity contribution in [2.24, 2.45) is 0 Å². The third-order valence-electron chi connectivity index (χ3n) is 2.08. The molecular formula is C13H14F3NO. The van der Waals surface area contributed by atoms with Crippen molar-refractivity contribution in [3.8, 4) is 0 Å². The predicted molar refractivity (Wildman–Crippen MR) is 64.3 cm³/mol. The van der Waals surface area contributed by atoms with Crippen LogP contribution in [0.2, 0.25) is 0 Å². The summed E-state index contributed by atoms with van der Waals surface area (Å²) in [5.41, 5.74) is 0.889. The van der Waals surface area contributed by atoms with Gasteiger partial charge in [0.05, 0.1) is 0 Å². The lowest BCUT2D eigenvalue weighted by molar-refractivity contribution is -0.129. The van der Waals surface area contributed by atoms with E-state index in [1.807, 2.05) is 0 Å². The molecule has 1 amide bonds. The molecule has 0 bridgehead atoms. The molecule has 0 saturated carbocycles. The molecule has 0 aliphatic carbocycles. The molecule has 0 aliphatic rings. The van der Waals surface area contributed by atoms with Crippen molar-refractivity contribution in [2.45, 2.75) is 20.0 Å². The van der Waals surface area contributed by atoms with Gasteiger partial charge in [-0.1, -0.05) is 23.8 Å². The van der Waals surface area contributed by atoms with E-state index in [0.29, 0.717) is 10.5 Å². The van der Waals surface area contributed by atoms with Gasteiger partial charge in [0.2, 0.25) is 0 Å². The number of carbonyl (C=O) groups is 1. The monoisotopic (exact) mass is 257 g/mol. The lowest BCUT2D eigenvalue weighted by Crippen LogP contribution is -2.38. The number of hydrogen-bond donors (Lipinski definition) is 0. The molecule has 0 unspecified atom stereocenters. The molecule has 0 atom stereocenters. The van der Waals surface area contributed by atoms with Gasteiger partial charge in [-0.25, -0.2) is 0 Å². The van der Waals surface area contributed by atoms with E-state index in [1.165, 1.54) is 18.2 Å². The largest absolute Gasteiger partial charge is 0.406 e. The molecule has 1 aromatic carbocycles. The van der Waals surface area contributed by atoms with Crippen LogP contribution in [0.1, 0.15) is 13.8 Å². The van der Waals surface area contributed by atoms with Crippen molar-refractivity contribution in [1.82, 2.24) is 0 Å². The first-order valence-electron chi connectivity index (χ1n) is 5.38. The number of anilines is 1. The molecule has 0 N–H and O–H groups in total. The maximum atomic E-state index is 12.5. The molecular weight excluding hydrogens is 243 g/mol. The summed E-state index contributed by atoms with van der Waals surface area (Å²) in [5, 5.41) is 0. The standard InChI is InChI=1S/C13H14F3NO/c1-10(2)8-12(18)17(9-13(14,15)16)11-6-4-3-5-7-11/h3-8H,9H2,1-2H3. The minimum absolute atomic E-state index is 0.234. The highest BCUT2D eigenvalue weighted by Crippen LogP contribution is 2.22. The number of para-hydroxylation sites is 1. The Kier molecular flexibility index (Phi) is 4.53.